The Bertz CT molecular complexity index is 1630. The maximum atomic E-state index is 14.5. The number of sulfonamides is 1. The van der Waals surface area contributed by atoms with Gasteiger partial charge in [-0.3, -0.25) is 13.9 Å². The summed E-state index contributed by atoms with van der Waals surface area (Å²) in [5.41, 5.74) is 3.17. The van der Waals surface area contributed by atoms with Gasteiger partial charge in [0.1, 0.15) is 12.6 Å². The Labute approximate surface area is 274 Å². The van der Waals surface area contributed by atoms with Gasteiger partial charge in [0.2, 0.25) is 11.8 Å². The molecule has 44 heavy (non-hydrogen) atoms. The van der Waals surface area contributed by atoms with Crippen LogP contribution in [0.1, 0.15) is 30.5 Å². The van der Waals surface area contributed by atoms with Crippen LogP contribution in [0.2, 0.25) is 0 Å². The number of amides is 2. The molecule has 0 aromatic heterocycles. The second-order valence-corrected chi connectivity index (χ2v) is 14.3. The minimum absolute atomic E-state index is 0.0759. The molecular weight excluding hydrogens is 685 g/mol. The molecule has 0 aliphatic carbocycles. The Kier molecular flexibility index (Phi) is 11.6. The molecule has 0 saturated carbocycles. The van der Waals surface area contributed by atoms with E-state index in [0.29, 0.717) is 12.2 Å². The van der Waals surface area contributed by atoms with Crippen molar-refractivity contribution >= 4 is 50.1 Å². The largest absolute Gasteiger partial charge is 0.354 e. The summed E-state index contributed by atoms with van der Waals surface area (Å²) in [6.45, 7) is 6.11. The fraction of sp³-hybridized carbons (Fsp3) is 0.257. The Morgan fingerprint density at radius 3 is 1.98 bits per heavy atom. The van der Waals surface area contributed by atoms with Crippen LogP contribution in [-0.4, -0.2) is 44.3 Å². The van der Waals surface area contributed by atoms with Gasteiger partial charge >= 0.3 is 0 Å². The number of anilines is 1. The van der Waals surface area contributed by atoms with Crippen molar-refractivity contribution in [3.05, 3.63) is 129 Å². The quantitative estimate of drug-likeness (QED) is 0.167. The van der Waals surface area contributed by atoms with Crippen LogP contribution in [-0.2, 0) is 32.6 Å². The molecule has 0 heterocycles. The van der Waals surface area contributed by atoms with Crippen molar-refractivity contribution in [1.29, 1.82) is 0 Å². The Morgan fingerprint density at radius 2 is 1.39 bits per heavy atom. The number of benzene rings is 4. The van der Waals surface area contributed by atoms with E-state index in [2.05, 4.69) is 27.9 Å². The van der Waals surface area contributed by atoms with Crippen LogP contribution >= 0.6 is 22.6 Å². The summed E-state index contributed by atoms with van der Waals surface area (Å²) in [4.78, 5) is 29.9. The average Bonchev–Trinajstić information content (AvgIpc) is 3.02. The van der Waals surface area contributed by atoms with Crippen LogP contribution in [0.25, 0.3) is 0 Å². The second-order valence-electron chi connectivity index (χ2n) is 11.2. The van der Waals surface area contributed by atoms with Crippen molar-refractivity contribution in [3.63, 3.8) is 0 Å². The van der Waals surface area contributed by atoms with Crippen LogP contribution < -0.4 is 9.62 Å². The van der Waals surface area contributed by atoms with Crippen molar-refractivity contribution < 1.29 is 18.0 Å². The molecule has 0 aliphatic heterocycles. The molecule has 1 atom stereocenters. The summed E-state index contributed by atoms with van der Waals surface area (Å²) < 4.78 is 30.1. The topological polar surface area (TPSA) is 86.8 Å². The summed E-state index contributed by atoms with van der Waals surface area (Å²) in [7, 11) is -4.12. The fourth-order valence-electron chi connectivity index (χ4n) is 4.72. The summed E-state index contributed by atoms with van der Waals surface area (Å²) in [6.07, 6.45) is 0.275. The summed E-state index contributed by atoms with van der Waals surface area (Å²) >= 11 is 2.15. The predicted molar refractivity (Wildman–Crippen MR) is 184 cm³/mol. The number of hydrogen-bond donors (Lipinski definition) is 1. The number of rotatable bonds is 13. The van der Waals surface area contributed by atoms with Crippen LogP contribution in [0.15, 0.2) is 114 Å². The molecule has 0 aliphatic rings. The molecule has 0 spiro atoms. The number of aryl methyl sites for hydroxylation is 1. The fourth-order valence-corrected chi connectivity index (χ4v) is 6.52. The maximum absolute atomic E-state index is 14.5. The van der Waals surface area contributed by atoms with E-state index < -0.39 is 28.5 Å². The highest BCUT2D eigenvalue weighted by Crippen LogP contribution is 2.26. The van der Waals surface area contributed by atoms with E-state index in [1.165, 1.54) is 17.0 Å². The third-order valence-electron chi connectivity index (χ3n) is 7.15. The molecule has 9 heteroatoms. The van der Waals surface area contributed by atoms with Crippen LogP contribution in [0.4, 0.5) is 5.69 Å². The van der Waals surface area contributed by atoms with Gasteiger partial charge in [0, 0.05) is 23.1 Å². The molecule has 4 rings (SSSR count). The SMILES string of the molecule is Cc1ccc(CN(C(=O)CN(c2ccc(I)cc2)S(=O)(=O)c2ccccc2)[C@@H](Cc2ccccc2)C(=O)NCC(C)C)cc1. The zero-order valence-electron chi connectivity index (χ0n) is 25.2. The van der Waals surface area contributed by atoms with Crippen molar-refractivity contribution in [2.45, 2.75) is 44.7 Å². The van der Waals surface area contributed by atoms with E-state index in [9.17, 15) is 18.0 Å². The summed E-state index contributed by atoms with van der Waals surface area (Å²) in [6, 6.07) is 31.5. The monoisotopic (exact) mass is 723 g/mol. The van der Waals surface area contributed by atoms with Gasteiger partial charge in [-0.05, 0) is 83.0 Å². The molecule has 0 unspecified atom stereocenters. The van der Waals surface area contributed by atoms with Gasteiger partial charge in [-0.15, -0.1) is 0 Å². The number of carbonyl (C=O) groups excluding carboxylic acids is 2. The smallest absolute Gasteiger partial charge is 0.264 e. The number of halogens is 1. The average molecular weight is 724 g/mol. The van der Waals surface area contributed by atoms with E-state index in [1.807, 2.05) is 75.4 Å². The van der Waals surface area contributed by atoms with Crippen LogP contribution in [0, 0.1) is 16.4 Å². The molecule has 230 valence electrons. The third kappa shape index (κ3) is 8.92. The number of hydrogen-bond acceptors (Lipinski definition) is 4. The molecule has 7 nitrogen and oxygen atoms in total. The molecule has 2 amide bonds. The van der Waals surface area contributed by atoms with E-state index >= 15 is 0 Å². The number of nitrogens with one attached hydrogen (secondary N) is 1. The van der Waals surface area contributed by atoms with Gasteiger partial charge in [-0.25, -0.2) is 8.42 Å². The lowest BCUT2D eigenvalue weighted by molar-refractivity contribution is -0.140. The second kappa shape index (κ2) is 15.3. The van der Waals surface area contributed by atoms with Gasteiger partial charge in [-0.2, -0.15) is 0 Å². The molecule has 0 fully saturated rings. The maximum Gasteiger partial charge on any atom is 0.264 e. The van der Waals surface area contributed by atoms with Crippen LogP contribution in [0.5, 0.6) is 0 Å². The number of carbonyl (C=O) groups is 2. The molecule has 0 saturated heterocycles. The first-order valence-electron chi connectivity index (χ1n) is 14.5. The standard InChI is InChI=1S/C35H38IN3O4S/c1-26(2)23-37-35(41)33(22-28-10-6-4-7-11-28)38(24-29-16-14-27(3)15-17-29)34(40)25-39(31-20-18-30(36)19-21-31)44(42,43)32-12-8-5-9-13-32/h4-21,26,33H,22-25H2,1-3H3,(H,37,41)/t33-/m0/s1. The van der Waals surface area contributed by atoms with Crippen molar-refractivity contribution in [2.24, 2.45) is 5.92 Å². The van der Waals surface area contributed by atoms with Gasteiger partial charge in [0.25, 0.3) is 10.0 Å². The van der Waals surface area contributed by atoms with E-state index in [1.54, 1.807) is 42.5 Å². The van der Waals surface area contributed by atoms with E-state index in [0.717, 1.165) is 24.6 Å². The zero-order valence-corrected chi connectivity index (χ0v) is 28.2. The molecule has 0 radical (unpaired) electrons. The highest BCUT2D eigenvalue weighted by Gasteiger charge is 2.34. The summed E-state index contributed by atoms with van der Waals surface area (Å²) in [5.74, 6) is -0.552. The van der Waals surface area contributed by atoms with Crippen molar-refractivity contribution in [3.8, 4) is 0 Å². The molecule has 4 aromatic carbocycles. The minimum atomic E-state index is -4.12. The predicted octanol–water partition coefficient (Wildman–Crippen LogP) is 6.21. The first-order valence-corrected chi connectivity index (χ1v) is 17.1. The van der Waals surface area contributed by atoms with Crippen LogP contribution in [0.3, 0.4) is 0 Å². The third-order valence-corrected chi connectivity index (χ3v) is 9.66. The van der Waals surface area contributed by atoms with Crippen molar-refractivity contribution in [1.82, 2.24) is 10.2 Å². The molecular formula is C35H38IN3O4S. The lowest BCUT2D eigenvalue weighted by Gasteiger charge is -2.34. The summed E-state index contributed by atoms with van der Waals surface area (Å²) in [5, 5.41) is 3.01. The molecule has 4 aromatic rings. The lowest BCUT2D eigenvalue weighted by atomic mass is 10.0. The first kappa shape index (κ1) is 33.2. The van der Waals surface area contributed by atoms with Gasteiger partial charge < -0.3 is 10.2 Å². The van der Waals surface area contributed by atoms with Gasteiger partial charge in [0.15, 0.2) is 0 Å². The van der Waals surface area contributed by atoms with E-state index in [-0.39, 0.29) is 29.7 Å². The van der Waals surface area contributed by atoms with Crippen molar-refractivity contribution in [2.75, 3.05) is 17.4 Å². The lowest BCUT2D eigenvalue weighted by Crippen LogP contribution is -2.53. The minimum Gasteiger partial charge on any atom is -0.354 e. The van der Waals surface area contributed by atoms with Gasteiger partial charge in [-0.1, -0.05) is 92.2 Å². The highest BCUT2D eigenvalue weighted by molar-refractivity contribution is 14.1. The first-order chi connectivity index (χ1) is 21.0. The zero-order chi connectivity index (χ0) is 31.7. The Hall–Kier alpha value is -3.70. The normalized spacial score (nSPS) is 12.0. The number of nitrogens with zero attached hydrogens (tertiary/aromatic N) is 2. The Morgan fingerprint density at radius 1 is 0.795 bits per heavy atom. The van der Waals surface area contributed by atoms with Gasteiger partial charge in [0.05, 0.1) is 10.6 Å². The molecule has 0 bridgehead atoms. The molecule has 1 N–H and O–H groups in total. The highest BCUT2D eigenvalue weighted by atomic mass is 127. The van der Waals surface area contributed by atoms with E-state index in [4.69, 9.17) is 0 Å². The Balaban J connectivity index is 1.78.